The Kier molecular flexibility index (Phi) is 4.85. The first-order valence-electron chi connectivity index (χ1n) is 9.52. The summed E-state index contributed by atoms with van der Waals surface area (Å²) in [4.78, 5) is 20.0. The lowest BCUT2D eigenvalue weighted by atomic mass is 10.1. The lowest BCUT2D eigenvalue weighted by molar-refractivity contribution is 0.178. The molecule has 0 unspecified atom stereocenters. The maximum Gasteiger partial charge on any atom is 0.265 e. The minimum Gasteiger partial charge on any atom is -0.303 e. The summed E-state index contributed by atoms with van der Waals surface area (Å²) < 4.78 is 1.70. The molecule has 3 aromatic rings. The van der Waals surface area contributed by atoms with Crippen LogP contribution in [0, 0.1) is 6.92 Å². The topological polar surface area (TPSA) is 38.1 Å². The van der Waals surface area contributed by atoms with Gasteiger partial charge >= 0.3 is 0 Å². The molecule has 2 heterocycles. The van der Waals surface area contributed by atoms with Crippen LogP contribution in [-0.4, -0.2) is 34.1 Å². The molecule has 4 rings (SSSR count). The van der Waals surface area contributed by atoms with Crippen LogP contribution in [0.25, 0.3) is 16.6 Å². The van der Waals surface area contributed by atoms with Gasteiger partial charge in [0.05, 0.1) is 16.6 Å². The largest absolute Gasteiger partial charge is 0.303 e. The Morgan fingerprint density at radius 3 is 2.50 bits per heavy atom. The van der Waals surface area contributed by atoms with Gasteiger partial charge in [0.1, 0.15) is 5.82 Å². The maximum absolute atomic E-state index is 12.9. The van der Waals surface area contributed by atoms with Crippen LogP contribution in [0.2, 0.25) is 0 Å². The van der Waals surface area contributed by atoms with Crippen LogP contribution >= 0.6 is 0 Å². The Morgan fingerprint density at radius 2 is 1.77 bits per heavy atom. The molecule has 0 N–H and O–H groups in total. The summed E-state index contributed by atoms with van der Waals surface area (Å²) in [5.41, 5.74) is 2.97. The average Bonchev–Trinajstić information content (AvgIpc) is 2.61. The summed E-state index contributed by atoms with van der Waals surface area (Å²) >= 11 is 0. The van der Waals surface area contributed by atoms with E-state index in [1.165, 1.54) is 44.5 Å². The molecule has 134 valence electrons. The van der Waals surface area contributed by atoms with Gasteiger partial charge in [0.15, 0.2) is 0 Å². The zero-order valence-electron chi connectivity index (χ0n) is 15.3. The molecule has 1 fully saturated rings. The van der Waals surface area contributed by atoms with Gasteiger partial charge < -0.3 is 4.90 Å². The van der Waals surface area contributed by atoms with E-state index < -0.39 is 0 Å². The first-order valence-corrected chi connectivity index (χ1v) is 9.52. The predicted octanol–water partition coefficient (Wildman–Crippen LogP) is 3.72. The zero-order valence-corrected chi connectivity index (χ0v) is 15.3. The molecular formula is C22H25N3O. The van der Waals surface area contributed by atoms with Crippen molar-refractivity contribution in [2.45, 2.75) is 32.6 Å². The molecule has 4 nitrogen and oxygen atoms in total. The van der Waals surface area contributed by atoms with E-state index >= 15 is 0 Å². The van der Waals surface area contributed by atoms with Crippen LogP contribution in [0.1, 0.15) is 30.7 Å². The highest BCUT2D eigenvalue weighted by Crippen LogP contribution is 2.15. The predicted molar refractivity (Wildman–Crippen MR) is 106 cm³/mol. The highest BCUT2D eigenvalue weighted by atomic mass is 16.1. The van der Waals surface area contributed by atoms with Crippen molar-refractivity contribution in [2.75, 3.05) is 19.6 Å². The van der Waals surface area contributed by atoms with Crippen molar-refractivity contribution >= 4 is 10.9 Å². The summed E-state index contributed by atoms with van der Waals surface area (Å²) in [7, 11) is 0. The third-order valence-corrected chi connectivity index (χ3v) is 5.28. The van der Waals surface area contributed by atoms with E-state index in [-0.39, 0.29) is 5.56 Å². The molecule has 0 bridgehead atoms. The highest BCUT2D eigenvalue weighted by Gasteiger charge is 2.12. The van der Waals surface area contributed by atoms with Gasteiger partial charge in [-0.05, 0) is 82.1 Å². The van der Waals surface area contributed by atoms with Gasteiger partial charge in [-0.1, -0.05) is 24.3 Å². The summed E-state index contributed by atoms with van der Waals surface area (Å²) in [6.07, 6.45) is 4.93. The van der Waals surface area contributed by atoms with Crippen molar-refractivity contribution < 1.29 is 0 Å². The Morgan fingerprint density at radius 1 is 1.00 bits per heavy atom. The van der Waals surface area contributed by atoms with Crippen LogP contribution in [0.5, 0.6) is 0 Å². The molecule has 1 aliphatic rings. The molecule has 0 spiro atoms. The number of nitrogens with zero attached hydrogens (tertiary/aromatic N) is 3. The Balaban J connectivity index is 1.49. The van der Waals surface area contributed by atoms with E-state index in [0.717, 1.165) is 23.4 Å². The van der Waals surface area contributed by atoms with Gasteiger partial charge in [0.2, 0.25) is 0 Å². The van der Waals surface area contributed by atoms with Crippen LogP contribution in [0.15, 0.2) is 53.3 Å². The number of fused-ring (bicyclic) bond motifs is 1. The summed E-state index contributed by atoms with van der Waals surface area (Å²) in [6.45, 7) is 5.68. The molecule has 1 saturated heterocycles. The van der Waals surface area contributed by atoms with Crippen molar-refractivity contribution in [1.82, 2.24) is 14.5 Å². The lowest BCUT2D eigenvalue weighted by Crippen LogP contribution is -2.37. The van der Waals surface area contributed by atoms with Gasteiger partial charge in [0, 0.05) is 0 Å². The number of benzene rings is 2. The van der Waals surface area contributed by atoms with Crippen LogP contribution < -0.4 is 5.56 Å². The van der Waals surface area contributed by atoms with Crippen LogP contribution in [0.3, 0.4) is 0 Å². The van der Waals surface area contributed by atoms with E-state index in [1.54, 1.807) is 4.57 Å². The van der Waals surface area contributed by atoms with E-state index in [9.17, 15) is 4.79 Å². The van der Waals surface area contributed by atoms with E-state index in [2.05, 4.69) is 22.0 Å². The van der Waals surface area contributed by atoms with E-state index in [0.29, 0.717) is 5.39 Å². The van der Waals surface area contributed by atoms with Crippen molar-refractivity contribution in [1.29, 1.82) is 0 Å². The monoisotopic (exact) mass is 347 g/mol. The average molecular weight is 347 g/mol. The maximum atomic E-state index is 12.9. The number of likely N-dealkylation sites (tertiary alicyclic amines) is 1. The molecule has 0 atom stereocenters. The smallest absolute Gasteiger partial charge is 0.265 e. The van der Waals surface area contributed by atoms with Gasteiger partial charge in [0.25, 0.3) is 5.56 Å². The normalized spacial score (nSPS) is 14.5. The molecule has 1 aliphatic heterocycles. The van der Waals surface area contributed by atoms with Gasteiger partial charge in [-0.2, -0.15) is 0 Å². The third-order valence-electron chi connectivity index (χ3n) is 5.28. The quantitative estimate of drug-likeness (QED) is 0.638. The van der Waals surface area contributed by atoms with Crippen molar-refractivity contribution in [3.63, 3.8) is 0 Å². The summed E-state index contributed by atoms with van der Waals surface area (Å²) in [6, 6.07) is 15.9. The van der Waals surface area contributed by atoms with Crippen LogP contribution in [0.4, 0.5) is 0 Å². The summed E-state index contributed by atoms with van der Waals surface area (Å²) in [5.74, 6) is 0.719. The fraction of sp³-hybridized carbons (Fsp3) is 0.364. The second kappa shape index (κ2) is 7.42. The first kappa shape index (κ1) is 17.0. The third kappa shape index (κ3) is 3.42. The zero-order chi connectivity index (χ0) is 17.9. The number of rotatable bonds is 6. The Hall–Kier alpha value is -2.46. The standard InChI is InChI=1S/C22H25N3O/c1-17-23-21-9-3-2-8-20(21)22(26)25(17)19-12-10-18(11-13-19)7-4-5-14-24-15-6-16-24/h2-3,8-13H,4-7,14-16H2,1H3. The molecular weight excluding hydrogens is 322 g/mol. The number of aryl methyl sites for hydroxylation is 2. The molecule has 0 amide bonds. The molecule has 1 aromatic heterocycles. The molecule has 0 aliphatic carbocycles. The molecule has 4 heteroatoms. The number of aromatic nitrogens is 2. The number of unbranched alkanes of at least 4 members (excludes halogenated alkanes) is 1. The minimum atomic E-state index is -0.00426. The number of hydrogen-bond donors (Lipinski definition) is 0. The second-order valence-electron chi connectivity index (χ2n) is 7.14. The lowest BCUT2D eigenvalue weighted by Gasteiger charge is -2.30. The highest BCUT2D eigenvalue weighted by molar-refractivity contribution is 5.77. The van der Waals surface area contributed by atoms with Crippen molar-refractivity contribution in [3.05, 3.63) is 70.3 Å². The minimum absolute atomic E-state index is 0.00426. The number of para-hydroxylation sites is 1. The Bertz CT molecular complexity index is 955. The second-order valence-corrected chi connectivity index (χ2v) is 7.14. The SMILES string of the molecule is Cc1nc2ccccc2c(=O)n1-c1ccc(CCCCN2CCC2)cc1. The van der Waals surface area contributed by atoms with Gasteiger partial charge in [-0.15, -0.1) is 0 Å². The van der Waals surface area contributed by atoms with E-state index in [4.69, 9.17) is 0 Å². The fourth-order valence-corrected chi connectivity index (χ4v) is 3.63. The summed E-state index contributed by atoms with van der Waals surface area (Å²) in [5, 5.41) is 0.660. The van der Waals surface area contributed by atoms with Crippen molar-refractivity contribution in [2.24, 2.45) is 0 Å². The first-order chi connectivity index (χ1) is 12.7. The van der Waals surface area contributed by atoms with Crippen LogP contribution in [-0.2, 0) is 6.42 Å². The van der Waals surface area contributed by atoms with Gasteiger partial charge in [-0.25, -0.2) is 4.98 Å². The fourth-order valence-electron chi connectivity index (χ4n) is 3.63. The molecule has 0 radical (unpaired) electrons. The van der Waals surface area contributed by atoms with Crippen molar-refractivity contribution in [3.8, 4) is 5.69 Å². The number of hydrogen-bond acceptors (Lipinski definition) is 3. The molecule has 0 saturated carbocycles. The van der Waals surface area contributed by atoms with Gasteiger partial charge in [-0.3, -0.25) is 9.36 Å². The van der Waals surface area contributed by atoms with E-state index in [1.807, 2.05) is 43.3 Å². The Labute approximate surface area is 154 Å². The molecule has 2 aromatic carbocycles. The molecule has 26 heavy (non-hydrogen) atoms.